The molecule has 1 aliphatic rings. The second kappa shape index (κ2) is 5.91. The minimum absolute atomic E-state index is 0.0809. The van der Waals surface area contributed by atoms with Crippen LogP contribution in [0.1, 0.15) is 71.8 Å². The van der Waals surface area contributed by atoms with Gasteiger partial charge in [0, 0.05) is 18.1 Å². The van der Waals surface area contributed by atoms with Crippen LogP contribution in [0.5, 0.6) is 0 Å². The lowest BCUT2D eigenvalue weighted by Crippen LogP contribution is -2.38. The molecule has 0 bridgehead atoms. The maximum Gasteiger partial charge on any atom is 0.251 e. The Morgan fingerprint density at radius 1 is 1.38 bits per heavy atom. The fourth-order valence-electron chi connectivity index (χ4n) is 3.01. The number of ether oxygens (including phenoxy) is 1. The van der Waals surface area contributed by atoms with Gasteiger partial charge >= 0.3 is 0 Å². The molecule has 1 aromatic heterocycles. The fourth-order valence-corrected chi connectivity index (χ4v) is 3.01. The Bertz CT molecular complexity index is 534. The van der Waals surface area contributed by atoms with Crippen LogP contribution in [0.4, 0.5) is 0 Å². The van der Waals surface area contributed by atoms with E-state index in [0.717, 1.165) is 37.3 Å². The molecule has 2 rings (SSSR count). The molecule has 118 valence electrons. The lowest BCUT2D eigenvalue weighted by Gasteiger charge is -2.38. The highest BCUT2D eigenvalue weighted by Gasteiger charge is 2.39. The third kappa shape index (κ3) is 3.54. The van der Waals surface area contributed by atoms with E-state index in [9.17, 15) is 4.79 Å². The van der Waals surface area contributed by atoms with Gasteiger partial charge in [0.2, 0.25) is 0 Å². The molecule has 1 saturated carbocycles. The van der Waals surface area contributed by atoms with Crippen LogP contribution in [-0.2, 0) is 15.8 Å². The van der Waals surface area contributed by atoms with Crippen LogP contribution in [0.3, 0.4) is 0 Å². The summed E-state index contributed by atoms with van der Waals surface area (Å²) in [7, 11) is 0. The van der Waals surface area contributed by atoms with Crippen molar-refractivity contribution in [2.45, 2.75) is 71.3 Å². The summed E-state index contributed by atoms with van der Waals surface area (Å²) in [4.78, 5) is 19.8. The quantitative estimate of drug-likeness (QED) is 0.927. The van der Waals surface area contributed by atoms with E-state index in [-0.39, 0.29) is 11.0 Å². The SMILES string of the molecule is CCOC1(c2nc(C(C)(C)C)cc(=O)[nH]2)CCC(C)CC1. The average Bonchev–Trinajstić information content (AvgIpc) is 2.40. The molecule has 0 spiro atoms. The number of nitrogens with one attached hydrogen (secondary N) is 1. The van der Waals surface area contributed by atoms with Crippen molar-refractivity contribution >= 4 is 0 Å². The van der Waals surface area contributed by atoms with Crippen LogP contribution in [0.2, 0.25) is 0 Å². The minimum Gasteiger partial charge on any atom is -0.367 e. The second-order valence-corrected chi connectivity index (χ2v) is 7.34. The summed E-state index contributed by atoms with van der Waals surface area (Å²) >= 11 is 0. The number of aromatic nitrogens is 2. The predicted molar refractivity (Wildman–Crippen MR) is 84.5 cm³/mol. The van der Waals surface area contributed by atoms with Gasteiger partial charge in [0.05, 0.1) is 5.69 Å². The molecule has 0 amide bonds. The van der Waals surface area contributed by atoms with Crippen LogP contribution in [0, 0.1) is 5.92 Å². The summed E-state index contributed by atoms with van der Waals surface area (Å²) in [5.74, 6) is 1.43. The number of rotatable bonds is 3. The van der Waals surface area contributed by atoms with E-state index in [1.54, 1.807) is 6.07 Å². The number of aromatic amines is 1. The highest BCUT2D eigenvalue weighted by atomic mass is 16.5. The van der Waals surface area contributed by atoms with Gasteiger partial charge in [-0.05, 0) is 38.5 Å². The minimum atomic E-state index is -0.415. The first kappa shape index (κ1) is 16.2. The summed E-state index contributed by atoms with van der Waals surface area (Å²) in [5.41, 5.74) is 0.196. The first-order valence-electron chi connectivity index (χ1n) is 8.03. The van der Waals surface area contributed by atoms with Crippen molar-refractivity contribution in [3.63, 3.8) is 0 Å². The summed E-state index contributed by atoms with van der Waals surface area (Å²) in [5, 5.41) is 0. The largest absolute Gasteiger partial charge is 0.367 e. The van der Waals surface area contributed by atoms with E-state index in [4.69, 9.17) is 9.72 Å². The molecule has 0 aromatic carbocycles. The molecule has 0 radical (unpaired) electrons. The van der Waals surface area contributed by atoms with Crippen molar-refractivity contribution in [3.8, 4) is 0 Å². The van der Waals surface area contributed by atoms with E-state index in [1.165, 1.54) is 0 Å². The molecule has 0 atom stereocenters. The van der Waals surface area contributed by atoms with Crippen molar-refractivity contribution in [1.29, 1.82) is 0 Å². The average molecular weight is 292 g/mol. The van der Waals surface area contributed by atoms with E-state index >= 15 is 0 Å². The second-order valence-electron chi connectivity index (χ2n) is 7.34. The van der Waals surface area contributed by atoms with Gasteiger partial charge in [0.1, 0.15) is 11.4 Å². The Labute approximate surface area is 127 Å². The molecular weight excluding hydrogens is 264 g/mol. The Kier molecular flexibility index (Phi) is 4.57. The number of hydrogen-bond donors (Lipinski definition) is 1. The van der Waals surface area contributed by atoms with Crippen molar-refractivity contribution in [3.05, 3.63) is 27.9 Å². The van der Waals surface area contributed by atoms with Gasteiger partial charge < -0.3 is 9.72 Å². The lowest BCUT2D eigenvalue weighted by atomic mass is 9.78. The van der Waals surface area contributed by atoms with Crippen molar-refractivity contribution in [1.82, 2.24) is 9.97 Å². The molecular formula is C17H28N2O2. The number of hydrogen-bond acceptors (Lipinski definition) is 3. The molecule has 0 aliphatic heterocycles. The zero-order valence-electron chi connectivity index (χ0n) is 14.0. The normalized spacial score (nSPS) is 26.8. The summed E-state index contributed by atoms with van der Waals surface area (Å²) in [6, 6.07) is 1.61. The van der Waals surface area contributed by atoms with Crippen LogP contribution in [0.25, 0.3) is 0 Å². The van der Waals surface area contributed by atoms with Crippen molar-refractivity contribution in [2.24, 2.45) is 5.92 Å². The zero-order valence-corrected chi connectivity index (χ0v) is 14.0. The molecule has 4 nitrogen and oxygen atoms in total. The van der Waals surface area contributed by atoms with Crippen LogP contribution in [0.15, 0.2) is 10.9 Å². The highest BCUT2D eigenvalue weighted by Crippen LogP contribution is 2.41. The zero-order chi connectivity index (χ0) is 15.7. The van der Waals surface area contributed by atoms with Gasteiger partial charge in [0.25, 0.3) is 5.56 Å². The molecule has 0 saturated heterocycles. The van der Waals surface area contributed by atoms with E-state index in [0.29, 0.717) is 12.4 Å². The summed E-state index contributed by atoms with van der Waals surface area (Å²) in [6.45, 7) is 11.2. The lowest BCUT2D eigenvalue weighted by molar-refractivity contribution is -0.0840. The Hall–Kier alpha value is -1.16. The van der Waals surface area contributed by atoms with Crippen LogP contribution >= 0.6 is 0 Å². The fraction of sp³-hybridized carbons (Fsp3) is 0.765. The first-order chi connectivity index (χ1) is 9.77. The van der Waals surface area contributed by atoms with E-state index < -0.39 is 5.60 Å². The Balaban J connectivity index is 2.46. The summed E-state index contributed by atoms with van der Waals surface area (Å²) in [6.07, 6.45) is 4.09. The smallest absolute Gasteiger partial charge is 0.251 e. The van der Waals surface area contributed by atoms with Crippen LogP contribution in [-0.4, -0.2) is 16.6 Å². The topological polar surface area (TPSA) is 55.0 Å². The third-order valence-electron chi connectivity index (χ3n) is 4.44. The molecule has 1 aliphatic carbocycles. The van der Waals surface area contributed by atoms with Gasteiger partial charge in [-0.15, -0.1) is 0 Å². The maximum atomic E-state index is 12.1. The van der Waals surface area contributed by atoms with Crippen molar-refractivity contribution in [2.75, 3.05) is 6.61 Å². The van der Waals surface area contributed by atoms with Crippen LogP contribution < -0.4 is 5.56 Å². The van der Waals surface area contributed by atoms with Crippen molar-refractivity contribution < 1.29 is 4.74 Å². The molecule has 4 heteroatoms. The highest BCUT2D eigenvalue weighted by molar-refractivity contribution is 5.16. The predicted octanol–water partition coefficient (Wildman–Crippen LogP) is 3.51. The number of nitrogens with zero attached hydrogens (tertiary/aromatic N) is 1. The molecule has 21 heavy (non-hydrogen) atoms. The molecule has 1 N–H and O–H groups in total. The molecule has 1 heterocycles. The van der Waals surface area contributed by atoms with Gasteiger partial charge in [0.15, 0.2) is 0 Å². The maximum absolute atomic E-state index is 12.1. The molecule has 0 unspecified atom stereocenters. The van der Waals surface area contributed by atoms with Gasteiger partial charge in [-0.2, -0.15) is 0 Å². The van der Waals surface area contributed by atoms with E-state index in [1.807, 2.05) is 6.92 Å². The van der Waals surface area contributed by atoms with E-state index in [2.05, 4.69) is 32.7 Å². The first-order valence-corrected chi connectivity index (χ1v) is 8.03. The number of H-pyrrole nitrogens is 1. The van der Waals surface area contributed by atoms with Gasteiger partial charge in [-0.1, -0.05) is 27.7 Å². The molecule has 1 fully saturated rings. The Morgan fingerprint density at radius 3 is 2.52 bits per heavy atom. The van der Waals surface area contributed by atoms with Gasteiger partial charge in [-0.3, -0.25) is 4.79 Å². The monoisotopic (exact) mass is 292 g/mol. The van der Waals surface area contributed by atoms with Gasteiger partial charge in [-0.25, -0.2) is 4.98 Å². The Morgan fingerprint density at radius 2 is 2.00 bits per heavy atom. The standard InChI is InChI=1S/C17H28N2O2/c1-6-21-17(9-7-12(2)8-10-17)15-18-13(16(3,4)5)11-14(20)19-15/h11-12H,6-10H2,1-5H3,(H,18,19,20). The third-order valence-corrected chi connectivity index (χ3v) is 4.44. The summed E-state index contributed by atoms with van der Waals surface area (Å²) < 4.78 is 6.09. The molecule has 1 aromatic rings.